The van der Waals surface area contributed by atoms with Crippen LogP contribution in [-0.2, 0) is 4.79 Å². The van der Waals surface area contributed by atoms with Gasteiger partial charge in [-0.05, 0) is 31.2 Å². The Morgan fingerprint density at radius 2 is 2.06 bits per heavy atom. The van der Waals surface area contributed by atoms with Crippen LogP contribution in [0.15, 0.2) is 0 Å². The van der Waals surface area contributed by atoms with Crippen LogP contribution in [0.4, 0.5) is 0 Å². The highest BCUT2D eigenvalue weighted by molar-refractivity contribution is 5.81. The Labute approximate surface area is 106 Å². The van der Waals surface area contributed by atoms with Crippen molar-refractivity contribution >= 4 is 5.91 Å². The molecule has 0 saturated carbocycles. The second-order valence-electron chi connectivity index (χ2n) is 5.23. The minimum absolute atomic E-state index is 0.0445. The van der Waals surface area contributed by atoms with Crippen molar-refractivity contribution in [2.45, 2.75) is 58.9 Å². The molecule has 3 nitrogen and oxygen atoms in total. The molecular formula is C14H28N2O. The monoisotopic (exact) mass is 240 g/mol. The third kappa shape index (κ3) is 4.66. The minimum Gasteiger partial charge on any atom is -0.354 e. The van der Waals surface area contributed by atoms with Gasteiger partial charge in [0.1, 0.15) is 0 Å². The van der Waals surface area contributed by atoms with Crippen LogP contribution in [0.5, 0.6) is 0 Å². The highest BCUT2D eigenvalue weighted by Crippen LogP contribution is 2.19. The zero-order valence-electron chi connectivity index (χ0n) is 11.6. The van der Waals surface area contributed by atoms with Gasteiger partial charge in [0.2, 0.25) is 5.91 Å². The van der Waals surface area contributed by atoms with Gasteiger partial charge in [-0.1, -0.05) is 40.0 Å². The first-order valence-electron chi connectivity index (χ1n) is 7.22. The van der Waals surface area contributed by atoms with Crippen LogP contribution in [0.2, 0.25) is 0 Å². The number of hydrogen-bond donors (Lipinski definition) is 2. The predicted octanol–water partition coefficient (Wildman–Crippen LogP) is 2.32. The Balaban J connectivity index is 2.31. The Kier molecular flexibility index (Phi) is 6.56. The van der Waals surface area contributed by atoms with Crippen LogP contribution in [0.3, 0.4) is 0 Å². The smallest absolute Gasteiger partial charge is 0.237 e. The van der Waals surface area contributed by atoms with E-state index >= 15 is 0 Å². The highest BCUT2D eigenvalue weighted by atomic mass is 16.2. The van der Waals surface area contributed by atoms with E-state index in [2.05, 4.69) is 31.4 Å². The second-order valence-corrected chi connectivity index (χ2v) is 5.23. The molecule has 0 aromatic heterocycles. The molecule has 100 valence electrons. The van der Waals surface area contributed by atoms with Gasteiger partial charge in [0.25, 0.3) is 0 Å². The summed E-state index contributed by atoms with van der Waals surface area (Å²) in [6.07, 6.45) is 5.70. The number of piperidine rings is 1. The van der Waals surface area contributed by atoms with Crippen molar-refractivity contribution in [2.24, 2.45) is 11.8 Å². The number of rotatable bonds is 6. The zero-order valence-corrected chi connectivity index (χ0v) is 11.6. The SMILES string of the molecule is CCC(CC)CNC(=O)C1CC(CC)CCN1. The van der Waals surface area contributed by atoms with Gasteiger partial charge in [-0.2, -0.15) is 0 Å². The molecule has 1 fully saturated rings. The van der Waals surface area contributed by atoms with E-state index in [1.165, 1.54) is 12.8 Å². The Morgan fingerprint density at radius 1 is 1.35 bits per heavy atom. The quantitative estimate of drug-likeness (QED) is 0.748. The van der Waals surface area contributed by atoms with Crippen molar-refractivity contribution in [1.82, 2.24) is 10.6 Å². The summed E-state index contributed by atoms with van der Waals surface area (Å²) in [6.45, 7) is 8.41. The minimum atomic E-state index is 0.0445. The molecule has 2 N–H and O–H groups in total. The molecule has 3 heteroatoms. The van der Waals surface area contributed by atoms with E-state index in [-0.39, 0.29) is 11.9 Å². The van der Waals surface area contributed by atoms with Crippen LogP contribution < -0.4 is 10.6 Å². The molecule has 1 aliphatic heterocycles. The third-order valence-corrected chi connectivity index (χ3v) is 4.13. The van der Waals surface area contributed by atoms with Gasteiger partial charge >= 0.3 is 0 Å². The molecule has 17 heavy (non-hydrogen) atoms. The molecule has 1 saturated heterocycles. The molecule has 0 aromatic rings. The average Bonchev–Trinajstić information content (AvgIpc) is 2.39. The van der Waals surface area contributed by atoms with Gasteiger partial charge in [0.15, 0.2) is 0 Å². The highest BCUT2D eigenvalue weighted by Gasteiger charge is 2.25. The Bertz CT molecular complexity index is 226. The van der Waals surface area contributed by atoms with E-state index in [0.29, 0.717) is 5.92 Å². The summed E-state index contributed by atoms with van der Waals surface area (Å²) < 4.78 is 0. The molecule has 1 aliphatic rings. The first kappa shape index (κ1) is 14.5. The van der Waals surface area contributed by atoms with Gasteiger partial charge in [0.05, 0.1) is 6.04 Å². The number of carbonyl (C=O) groups is 1. The average molecular weight is 240 g/mol. The van der Waals surface area contributed by atoms with Crippen LogP contribution in [0.1, 0.15) is 52.9 Å². The fraction of sp³-hybridized carbons (Fsp3) is 0.929. The maximum Gasteiger partial charge on any atom is 0.237 e. The molecule has 0 bridgehead atoms. The molecule has 0 aromatic carbocycles. The predicted molar refractivity (Wildman–Crippen MR) is 71.9 cm³/mol. The zero-order chi connectivity index (χ0) is 12.7. The van der Waals surface area contributed by atoms with E-state index in [9.17, 15) is 4.79 Å². The van der Waals surface area contributed by atoms with Crippen molar-refractivity contribution in [3.05, 3.63) is 0 Å². The number of nitrogens with one attached hydrogen (secondary N) is 2. The van der Waals surface area contributed by atoms with Crippen molar-refractivity contribution < 1.29 is 4.79 Å². The fourth-order valence-corrected chi connectivity index (χ4v) is 2.51. The van der Waals surface area contributed by atoms with Crippen LogP contribution in [0.25, 0.3) is 0 Å². The lowest BCUT2D eigenvalue weighted by atomic mass is 9.90. The lowest BCUT2D eigenvalue weighted by Gasteiger charge is -2.29. The molecule has 0 spiro atoms. The lowest BCUT2D eigenvalue weighted by Crippen LogP contribution is -2.49. The lowest BCUT2D eigenvalue weighted by molar-refractivity contribution is -0.124. The molecule has 1 amide bonds. The van der Waals surface area contributed by atoms with Crippen molar-refractivity contribution in [3.8, 4) is 0 Å². The summed E-state index contributed by atoms with van der Waals surface area (Å²) >= 11 is 0. The summed E-state index contributed by atoms with van der Waals surface area (Å²) in [5, 5.41) is 6.43. The second kappa shape index (κ2) is 7.70. The van der Waals surface area contributed by atoms with Crippen LogP contribution in [0, 0.1) is 11.8 Å². The fourth-order valence-electron chi connectivity index (χ4n) is 2.51. The molecule has 1 rings (SSSR count). The van der Waals surface area contributed by atoms with E-state index in [4.69, 9.17) is 0 Å². The number of carbonyl (C=O) groups excluding carboxylic acids is 1. The van der Waals surface area contributed by atoms with Crippen molar-refractivity contribution in [1.29, 1.82) is 0 Å². The molecule has 2 unspecified atom stereocenters. The Morgan fingerprint density at radius 3 is 2.65 bits per heavy atom. The summed E-state index contributed by atoms with van der Waals surface area (Å²) in [7, 11) is 0. The summed E-state index contributed by atoms with van der Waals surface area (Å²) in [5.74, 6) is 1.56. The largest absolute Gasteiger partial charge is 0.354 e. The Hall–Kier alpha value is -0.570. The normalized spacial score (nSPS) is 24.9. The standard InChI is InChI=1S/C14H28N2O/c1-4-11(5-2)10-16-14(17)13-9-12(6-3)7-8-15-13/h11-13,15H,4-10H2,1-3H3,(H,16,17). The third-order valence-electron chi connectivity index (χ3n) is 4.13. The summed E-state index contributed by atoms with van der Waals surface area (Å²) in [4.78, 5) is 12.0. The van der Waals surface area contributed by atoms with Crippen LogP contribution in [-0.4, -0.2) is 25.0 Å². The van der Waals surface area contributed by atoms with Gasteiger partial charge < -0.3 is 10.6 Å². The molecular weight excluding hydrogens is 212 g/mol. The molecule has 2 atom stereocenters. The molecule has 0 radical (unpaired) electrons. The van der Waals surface area contributed by atoms with Crippen LogP contribution >= 0.6 is 0 Å². The van der Waals surface area contributed by atoms with E-state index in [1.54, 1.807) is 0 Å². The molecule has 0 aliphatic carbocycles. The van der Waals surface area contributed by atoms with Crippen molar-refractivity contribution in [2.75, 3.05) is 13.1 Å². The topological polar surface area (TPSA) is 41.1 Å². The first-order chi connectivity index (χ1) is 8.21. The molecule has 1 heterocycles. The maximum absolute atomic E-state index is 12.0. The van der Waals surface area contributed by atoms with Gasteiger partial charge in [-0.15, -0.1) is 0 Å². The first-order valence-corrected chi connectivity index (χ1v) is 7.22. The summed E-state index contributed by atoms with van der Waals surface area (Å²) in [6, 6.07) is 0.0445. The van der Waals surface area contributed by atoms with Crippen molar-refractivity contribution in [3.63, 3.8) is 0 Å². The number of hydrogen-bond acceptors (Lipinski definition) is 2. The van der Waals surface area contributed by atoms with Gasteiger partial charge in [0, 0.05) is 6.54 Å². The van der Waals surface area contributed by atoms with E-state index in [1.807, 2.05) is 0 Å². The van der Waals surface area contributed by atoms with E-state index in [0.717, 1.165) is 38.3 Å². The van der Waals surface area contributed by atoms with Gasteiger partial charge in [-0.3, -0.25) is 4.79 Å². The van der Waals surface area contributed by atoms with Gasteiger partial charge in [-0.25, -0.2) is 0 Å². The maximum atomic E-state index is 12.0. The summed E-state index contributed by atoms with van der Waals surface area (Å²) in [5.41, 5.74) is 0. The number of amides is 1. The van der Waals surface area contributed by atoms with E-state index < -0.39 is 0 Å².